The molecule has 32 heavy (non-hydrogen) atoms. The van der Waals surface area contributed by atoms with Gasteiger partial charge in [0.25, 0.3) is 15.6 Å². The molecule has 0 bridgehead atoms. The predicted octanol–water partition coefficient (Wildman–Crippen LogP) is 2.14. The fourth-order valence-electron chi connectivity index (χ4n) is 3.17. The Balaban J connectivity index is 1.86. The summed E-state index contributed by atoms with van der Waals surface area (Å²) in [6, 6.07) is 3.04. The molecule has 0 aliphatic heterocycles. The molecule has 4 aromatic rings. The number of aryl methyl sites for hydroxylation is 2. The molecule has 1 aromatic carbocycles. The van der Waals surface area contributed by atoms with Gasteiger partial charge in [0.2, 0.25) is 5.95 Å². The molecule has 3 N–H and O–H groups in total. The highest BCUT2D eigenvalue weighted by Gasteiger charge is 2.27. The number of halogens is 3. The maximum absolute atomic E-state index is 15.3. The number of benzene rings is 1. The minimum atomic E-state index is -4.39. The van der Waals surface area contributed by atoms with Gasteiger partial charge in [-0.2, -0.15) is 5.10 Å². The van der Waals surface area contributed by atoms with Crippen LogP contribution >= 0.6 is 11.6 Å². The molecular formula is C18H14ClF2N7O3S. The highest BCUT2D eigenvalue weighted by atomic mass is 35.5. The molecular weight excluding hydrogens is 468 g/mol. The van der Waals surface area contributed by atoms with Gasteiger partial charge in [0.05, 0.1) is 22.3 Å². The number of hydrogen-bond acceptors (Lipinski definition) is 7. The third kappa shape index (κ3) is 3.44. The second-order valence-corrected chi connectivity index (χ2v) is 8.69. The van der Waals surface area contributed by atoms with E-state index in [2.05, 4.69) is 15.1 Å². The van der Waals surface area contributed by atoms with E-state index in [1.807, 2.05) is 4.72 Å². The summed E-state index contributed by atoms with van der Waals surface area (Å²) in [4.78, 5) is 20.0. The second kappa shape index (κ2) is 7.53. The number of nitrogens with two attached hydrogens (primary N) is 1. The van der Waals surface area contributed by atoms with Gasteiger partial charge in [-0.3, -0.25) is 18.8 Å². The summed E-state index contributed by atoms with van der Waals surface area (Å²) in [5.74, 6) is -2.49. The van der Waals surface area contributed by atoms with Crippen molar-refractivity contribution in [1.82, 2.24) is 24.3 Å². The van der Waals surface area contributed by atoms with Crippen LogP contribution in [0.25, 0.3) is 16.6 Å². The highest BCUT2D eigenvalue weighted by molar-refractivity contribution is 7.92. The fourth-order valence-corrected chi connectivity index (χ4v) is 4.98. The van der Waals surface area contributed by atoms with E-state index in [1.54, 1.807) is 0 Å². The average molecular weight is 482 g/mol. The molecule has 10 nitrogen and oxygen atoms in total. The van der Waals surface area contributed by atoms with E-state index in [9.17, 15) is 17.6 Å². The van der Waals surface area contributed by atoms with E-state index >= 15 is 4.39 Å². The highest BCUT2D eigenvalue weighted by Crippen LogP contribution is 2.30. The zero-order valence-electron chi connectivity index (χ0n) is 16.5. The van der Waals surface area contributed by atoms with Crippen LogP contribution in [0.4, 0.5) is 20.4 Å². The lowest BCUT2D eigenvalue weighted by atomic mass is 10.2. The molecule has 0 amide bonds. The molecule has 3 heterocycles. The number of anilines is 2. The van der Waals surface area contributed by atoms with Crippen LogP contribution in [0, 0.1) is 18.6 Å². The summed E-state index contributed by atoms with van der Waals surface area (Å²) in [5, 5.41) is 3.68. The van der Waals surface area contributed by atoms with Gasteiger partial charge in [-0.05, 0) is 25.1 Å². The zero-order valence-corrected chi connectivity index (χ0v) is 18.0. The number of sulfonamides is 1. The standard InChI is InChI=1S/C18H14ClF2N7O3S/c1-8-15(16(19)27(2)25-8)32(30,31)26-12-4-3-10(20)14(13(12)21)28-6-5-11-9(17(28)29)7-23-18(22)24-11/h3-7,26H,1-2H3,(H2,22,23,24). The number of nitrogens with zero attached hydrogens (tertiary/aromatic N) is 5. The molecule has 0 atom stereocenters. The molecule has 0 saturated carbocycles. The molecule has 0 aliphatic carbocycles. The van der Waals surface area contributed by atoms with Crippen molar-refractivity contribution >= 4 is 44.2 Å². The topological polar surface area (TPSA) is 138 Å². The Labute approximate surface area is 184 Å². The van der Waals surface area contributed by atoms with Crippen molar-refractivity contribution < 1.29 is 17.2 Å². The summed E-state index contributed by atoms with van der Waals surface area (Å²) in [5.41, 5.74) is 3.54. The lowest BCUT2D eigenvalue weighted by Crippen LogP contribution is -2.22. The molecule has 0 spiro atoms. The predicted molar refractivity (Wildman–Crippen MR) is 113 cm³/mol. The largest absolute Gasteiger partial charge is 0.368 e. The molecule has 3 aromatic heterocycles. The number of nitrogens with one attached hydrogen (secondary N) is 1. The first-order valence-electron chi connectivity index (χ1n) is 8.85. The van der Waals surface area contributed by atoms with E-state index in [-0.39, 0.29) is 32.6 Å². The quantitative estimate of drug-likeness (QED) is 0.455. The van der Waals surface area contributed by atoms with Crippen molar-refractivity contribution in [3.8, 4) is 5.69 Å². The summed E-state index contributed by atoms with van der Waals surface area (Å²) in [7, 11) is -2.95. The number of pyridine rings is 1. The van der Waals surface area contributed by atoms with Crippen LogP contribution in [-0.2, 0) is 17.1 Å². The van der Waals surface area contributed by atoms with Crippen LogP contribution in [0.15, 0.2) is 40.3 Å². The first-order chi connectivity index (χ1) is 15.0. The van der Waals surface area contributed by atoms with Crippen LogP contribution < -0.4 is 16.0 Å². The first-order valence-corrected chi connectivity index (χ1v) is 10.7. The van der Waals surface area contributed by atoms with Gasteiger partial charge in [-0.1, -0.05) is 11.6 Å². The van der Waals surface area contributed by atoms with E-state index < -0.39 is 38.6 Å². The van der Waals surface area contributed by atoms with Crippen LogP contribution in [0.1, 0.15) is 5.69 Å². The SMILES string of the molecule is Cc1nn(C)c(Cl)c1S(=O)(=O)Nc1ccc(F)c(-n2ccc3nc(N)ncc3c2=O)c1F. The molecule has 14 heteroatoms. The lowest BCUT2D eigenvalue weighted by molar-refractivity contribution is 0.568. The monoisotopic (exact) mass is 481 g/mol. The number of nitrogen functional groups attached to an aromatic ring is 1. The fraction of sp³-hybridized carbons (Fsp3) is 0.111. The van der Waals surface area contributed by atoms with Gasteiger partial charge in [0.15, 0.2) is 5.82 Å². The van der Waals surface area contributed by atoms with Crippen LogP contribution in [-0.4, -0.2) is 32.7 Å². The Morgan fingerprint density at radius 2 is 1.94 bits per heavy atom. The van der Waals surface area contributed by atoms with Crippen molar-refractivity contribution in [2.24, 2.45) is 7.05 Å². The molecule has 4 rings (SSSR count). The molecule has 0 saturated heterocycles. The van der Waals surface area contributed by atoms with Crippen LogP contribution in [0.2, 0.25) is 5.15 Å². The van der Waals surface area contributed by atoms with Gasteiger partial charge in [-0.25, -0.2) is 27.2 Å². The van der Waals surface area contributed by atoms with Crippen molar-refractivity contribution in [1.29, 1.82) is 0 Å². The normalized spacial score (nSPS) is 11.8. The average Bonchev–Trinajstić information content (AvgIpc) is 2.98. The molecule has 0 radical (unpaired) electrons. The number of hydrogen-bond donors (Lipinski definition) is 2. The summed E-state index contributed by atoms with van der Waals surface area (Å²) >= 11 is 6.01. The third-order valence-corrected chi connectivity index (χ3v) is 6.65. The van der Waals surface area contributed by atoms with Crippen LogP contribution in [0.3, 0.4) is 0 Å². The Bertz CT molecular complexity index is 1570. The van der Waals surface area contributed by atoms with Crippen molar-refractivity contribution in [3.05, 3.63) is 63.4 Å². The van der Waals surface area contributed by atoms with Gasteiger partial charge < -0.3 is 5.73 Å². The summed E-state index contributed by atoms with van der Waals surface area (Å²) < 4.78 is 59.3. The maximum Gasteiger partial charge on any atom is 0.266 e. The number of aromatic nitrogens is 5. The number of fused-ring (bicyclic) bond motifs is 1. The second-order valence-electron chi connectivity index (χ2n) is 6.71. The lowest BCUT2D eigenvalue weighted by Gasteiger charge is -2.14. The van der Waals surface area contributed by atoms with E-state index in [0.29, 0.717) is 4.57 Å². The van der Waals surface area contributed by atoms with Crippen LogP contribution in [0.5, 0.6) is 0 Å². The van der Waals surface area contributed by atoms with Gasteiger partial charge in [0, 0.05) is 19.4 Å². The van der Waals surface area contributed by atoms with Crippen molar-refractivity contribution in [3.63, 3.8) is 0 Å². The Hall–Kier alpha value is -3.58. The first kappa shape index (κ1) is 21.6. The third-order valence-electron chi connectivity index (χ3n) is 4.59. The summed E-state index contributed by atoms with van der Waals surface area (Å²) in [6.45, 7) is 1.41. The van der Waals surface area contributed by atoms with Crippen molar-refractivity contribution in [2.45, 2.75) is 11.8 Å². The Kier molecular flexibility index (Phi) is 5.09. The van der Waals surface area contributed by atoms with Gasteiger partial charge >= 0.3 is 0 Å². The maximum atomic E-state index is 15.3. The Morgan fingerprint density at radius 1 is 1.22 bits per heavy atom. The minimum Gasteiger partial charge on any atom is -0.368 e. The van der Waals surface area contributed by atoms with Gasteiger partial charge in [-0.15, -0.1) is 0 Å². The smallest absolute Gasteiger partial charge is 0.266 e. The van der Waals surface area contributed by atoms with Gasteiger partial charge in [0.1, 0.15) is 21.6 Å². The van der Waals surface area contributed by atoms with Crippen molar-refractivity contribution in [2.75, 3.05) is 10.5 Å². The van der Waals surface area contributed by atoms with E-state index in [0.717, 1.165) is 29.2 Å². The molecule has 0 unspecified atom stereocenters. The molecule has 0 aliphatic rings. The molecule has 166 valence electrons. The summed E-state index contributed by atoms with van der Waals surface area (Å²) in [6.07, 6.45) is 2.23. The van der Waals surface area contributed by atoms with E-state index in [1.165, 1.54) is 20.0 Å². The zero-order chi connectivity index (χ0) is 23.4. The Morgan fingerprint density at radius 3 is 2.59 bits per heavy atom. The van der Waals surface area contributed by atoms with E-state index in [4.69, 9.17) is 17.3 Å². The number of rotatable bonds is 4. The minimum absolute atomic E-state index is 0.0377. The molecule has 0 fully saturated rings.